The number of thioether (sulfide) groups is 1. The van der Waals surface area contributed by atoms with Crippen LogP contribution in [0.2, 0.25) is 0 Å². The van der Waals surface area contributed by atoms with Crippen molar-refractivity contribution in [1.29, 1.82) is 5.41 Å². The van der Waals surface area contributed by atoms with E-state index in [4.69, 9.17) is 5.41 Å². The number of nitrogens with zero attached hydrogens (tertiary/aromatic N) is 4. The van der Waals surface area contributed by atoms with Crippen LogP contribution in [0.3, 0.4) is 0 Å². The Morgan fingerprint density at radius 3 is 2.55 bits per heavy atom. The van der Waals surface area contributed by atoms with Gasteiger partial charge in [-0.2, -0.15) is 15.1 Å². The first-order valence-electron chi connectivity index (χ1n) is 10.6. The summed E-state index contributed by atoms with van der Waals surface area (Å²) < 4.78 is 2.21. The van der Waals surface area contributed by atoms with Gasteiger partial charge in [0.15, 0.2) is 5.84 Å². The molecule has 5 rings (SSSR count). The Labute approximate surface area is 200 Å². The molecule has 4 heterocycles. The monoisotopic (exact) mass is 473 g/mol. The summed E-state index contributed by atoms with van der Waals surface area (Å²) in [7, 11) is 0. The fraction of sp³-hybridized carbons (Fsp3) is 0.200. The van der Waals surface area contributed by atoms with Crippen LogP contribution in [-0.4, -0.2) is 31.5 Å². The van der Waals surface area contributed by atoms with Crippen LogP contribution in [0.15, 0.2) is 57.4 Å². The maximum atomic E-state index is 12.9. The molecule has 0 fully saturated rings. The van der Waals surface area contributed by atoms with Crippen molar-refractivity contribution in [2.24, 2.45) is 10.1 Å². The minimum absolute atomic E-state index is 0.0653. The van der Waals surface area contributed by atoms with Gasteiger partial charge in [0.25, 0.3) is 5.91 Å². The second kappa shape index (κ2) is 8.28. The molecule has 0 atom stereocenters. The van der Waals surface area contributed by atoms with Crippen molar-refractivity contribution >= 4 is 51.1 Å². The van der Waals surface area contributed by atoms with Gasteiger partial charge in [-0.3, -0.25) is 10.2 Å². The average Bonchev–Trinajstić information content (AvgIpc) is 3.47. The molecule has 3 aromatic rings. The Kier molecular flexibility index (Phi) is 5.42. The van der Waals surface area contributed by atoms with Gasteiger partial charge < -0.3 is 4.57 Å². The van der Waals surface area contributed by atoms with E-state index in [0.29, 0.717) is 11.6 Å². The summed E-state index contributed by atoms with van der Waals surface area (Å²) in [6.45, 7) is 8.31. The highest BCUT2D eigenvalue weighted by Crippen LogP contribution is 2.32. The van der Waals surface area contributed by atoms with E-state index in [0.717, 1.165) is 27.7 Å². The third-order valence-corrected chi connectivity index (χ3v) is 7.62. The summed E-state index contributed by atoms with van der Waals surface area (Å²) in [5.41, 5.74) is 6.77. The van der Waals surface area contributed by atoms with E-state index in [1.54, 1.807) is 17.4 Å². The Hall–Kier alpha value is -3.23. The lowest BCUT2D eigenvalue weighted by Gasteiger charge is -2.20. The van der Waals surface area contributed by atoms with Crippen LogP contribution in [0.5, 0.6) is 0 Å². The summed E-state index contributed by atoms with van der Waals surface area (Å²) >= 11 is 3.02. The number of aliphatic imine (C=N–C) groups is 1. The van der Waals surface area contributed by atoms with Gasteiger partial charge in [-0.25, -0.2) is 0 Å². The number of aryl methyl sites for hydroxylation is 3. The molecule has 33 heavy (non-hydrogen) atoms. The molecule has 166 valence electrons. The molecule has 1 N–H and O–H groups in total. The molecule has 1 aromatic carbocycles. The topological polar surface area (TPSA) is 73.8 Å². The van der Waals surface area contributed by atoms with Crippen LogP contribution in [-0.2, 0) is 11.2 Å². The largest absolute Gasteiger partial charge is 0.317 e. The minimum atomic E-state index is -0.400. The lowest BCUT2D eigenvalue weighted by atomic mass is 10.1. The number of hydrogen-bond acceptors (Lipinski definition) is 5. The van der Waals surface area contributed by atoms with Crippen LogP contribution in [0, 0.1) is 33.1 Å². The van der Waals surface area contributed by atoms with E-state index >= 15 is 0 Å². The number of aromatic nitrogens is 1. The number of nitrogens with one attached hydrogen (secondary N) is 1. The zero-order valence-corrected chi connectivity index (χ0v) is 20.5. The van der Waals surface area contributed by atoms with Crippen molar-refractivity contribution < 1.29 is 4.79 Å². The predicted octanol–water partition coefficient (Wildman–Crippen LogP) is 5.63. The van der Waals surface area contributed by atoms with Crippen molar-refractivity contribution in [3.8, 4) is 5.69 Å². The highest BCUT2D eigenvalue weighted by molar-refractivity contribution is 8.27. The van der Waals surface area contributed by atoms with Gasteiger partial charge >= 0.3 is 0 Å². The van der Waals surface area contributed by atoms with Crippen molar-refractivity contribution in [3.63, 3.8) is 0 Å². The highest BCUT2D eigenvalue weighted by Gasteiger charge is 2.35. The number of fused-ring (bicyclic) bond motifs is 1. The summed E-state index contributed by atoms with van der Waals surface area (Å²) in [6, 6.07) is 12.4. The first-order valence-corrected chi connectivity index (χ1v) is 12.3. The van der Waals surface area contributed by atoms with Gasteiger partial charge in [0, 0.05) is 22.7 Å². The van der Waals surface area contributed by atoms with Crippen molar-refractivity contribution in [3.05, 3.63) is 80.3 Å². The number of rotatable bonds is 4. The van der Waals surface area contributed by atoms with E-state index in [9.17, 15) is 4.79 Å². The maximum absolute atomic E-state index is 12.9. The van der Waals surface area contributed by atoms with Crippen LogP contribution in [0.4, 0.5) is 0 Å². The van der Waals surface area contributed by atoms with Crippen LogP contribution >= 0.6 is 23.1 Å². The van der Waals surface area contributed by atoms with E-state index in [2.05, 4.69) is 65.8 Å². The summed E-state index contributed by atoms with van der Waals surface area (Å²) in [6.07, 6.45) is 2.45. The van der Waals surface area contributed by atoms with Gasteiger partial charge in [-0.1, -0.05) is 24.3 Å². The summed E-state index contributed by atoms with van der Waals surface area (Å²) in [5.74, 6) is -0.334. The first-order chi connectivity index (χ1) is 15.8. The number of para-hydroxylation sites is 1. The SMILES string of the molecule is Cc1cccc(C)c1-n1c(C)cc(/C=C2/C(=N)N3N=C(Cc4cccs4)SC3=NC2=O)c1C. The molecule has 0 radical (unpaired) electrons. The van der Waals surface area contributed by atoms with Crippen molar-refractivity contribution in [2.75, 3.05) is 0 Å². The molecule has 2 aromatic heterocycles. The smallest absolute Gasteiger partial charge is 0.283 e. The molecule has 0 spiro atoms. The van der Waals surface area contributed by atoms with E-state index in [-0.39, 0.29) is 11.4 Å². The number of amidine groups is 2. The molecule has 0 saturated carbocycles. The zero-order chi connectivity index (χ0) is 23.3. The molecule has 6 nitrogen and oxygen atoms in total. The number of hydrazone groups is 1. The van der Waals surface area contributed by atoms with Gasteiger partial charge in [-0.15, -0.1) is 11.3 Å². The number of benzene rings is 1. The van der Waals surface area contributed by atoms with E-state index < -0.39 is 5.91 Å². The van der Waals surface area contributed by atoms with E-state index in [1.807, 2.05) is 18.4 Å². The molecule has 0 bridgehead atoms. The molecular formula is C25H23N5OS2. The number of carbonyl (C=O) groups excluding carboxylic acids is 1. The van der Waals surface area contributed by atoms with Crippen LogP contribution in [0.25, 0.3) is 11.8 Å². The second-order valence-electron chi connectivity index (χ2n) is 8.17. The molecule has 0 aliphatic carbocycles. The Morgan fingerprint density at radius 2 is 1.85 bits per heavy atom. The second-order valence-corrected chi connectivity index (χ2v) is 10.2. The number of amides is 1. The fourth-order valence-electron chi connectivity index (χ4n) is 4.26. The van der Waals surface area contributed by atoms with Crippen LogP contribution in [0.1, 0.15) is 33.0 Å². The number of carbonyl (C=O) groups is 1. The Bertz CT molecular complexity index is 1370. The minimum Gasteiger partial charge on any atom is -0.317 e. The lowest BCUT2D eigenvalue weighted by molar-refractivity contribution is -0.114. The van der Waals surface area contributed by atoms with Gasteiger partial charge in [0.1, 0.15) is 5.04 Å². The highest BCUT2D eigenvalue weighted by atomic mass is 32.2. The third kappa shape index (κ3) is 3.79. The molecule has 2 aliphatic rings. The predicted molar refractivity (Wildman–Crippen MR) is 138 cm³/mol. The van der Waals surface area contributed by atoms with Crippen molar-refractivity contribution in [1.82, 2.24) is 9.58 Å². The average molecular weight is 474 g/mol. The Balaban J connectivity index is 1.50. The zero-order valence-electron chi connectivity index (χ0n) is 18.8. The third-order valence-electron chi connectivity index (χ3n) is 5.84. The summed E-state index contributed by atoms with van der Waals surface area (Å²) in [4.78, 5) is 18.3. The molecule has 8 heteroatoms. The first kappa shape index (κ1) is 21.6. The molecule has 0 unspecified atom stereocenters. The van der Waals surface area contributed by atoms with Crippen LogP contribution < -0.4 is 0 Å². The molecular weight excluding hydrogens is 450 g/mol. The molecule has 1 amide bonds. The summed E-state index contributed by atoms with van der Waals surface area (Å²) in [5, 5.41) is 18.1. The van der Waals surface area contributed by atoms with Gasteiger partial charge in [0.2, 0.25) is 5.17 Å². The quantitative estimate of drug-likeness (QED) is 0.499. The van der Waals surface area contributed by atoms with E-state index in [1.165, 1.54) is 32.8 Å². The number of thiophene rings is 1. The van der Waals surface area contributed by atoms with Crippen molar-refractivity contribution in [2.45, 2.75) is 34.1 Å². The molecule has 0 saturated heterocycles. The van der Waals surface area contributed by atoms with Gasteiger partial charge in [0.05, 0.1) is 11.3 Å². The van der Waals surface area contributed by atoms with Gasteiger partial charge in [-0.05, 0) is 79.7 Å². The Morgan fingerprint density at radius 1 is 1.09 bits per heavy atom. The normalized spacial score (nSPS) is 17.0. The standard InChI is InChI=1S/C25H23N5OS2/c1-14-7-5-8-15(2)22(14)29-16(3)11-18(17(29)4)12-20-23(26)30-25(27-24(20)31)33-21(28-30)13-19-9-6-10-32-19/h5-12,26H,13H2,1-4H3/b20-12-,26-23?. The maximum Gasteiger partial charge on any atom is 0.283 e. The fourth-order valence-corrected chi connectivity index (χ4v) is 5.97. The lowest BCUT2D eigenvalue weighted by Crippen LogP contribution is -2.35. The molecule has 2 aliphatic heterocycles. The number of hydrogen-bond donors (Lipinski definition) is 1.